The van der Waals surface area contributed by atoms with Gasteiger partial charge in [0.2, 0.25) is 11.8 Å². The van der Waals surface area contributed by atoms with Crippen LogP contribution in [-0.4, -0.2) is 28.4 Å². The molecule has 26 heavy (non-hydrogen) atoms. The second kappa shape index (κ2) is 8.65. The van der Waals surface area contributed by atoms with E-state index >= 15 is 0 Å². The number of halogens is 1. The van der Waals surface area contributed by atoms with Crippen LogP contribution in [0, 0.1) is 11.3 Å². The van der Waals surface area contributed by atoms with E-state index in [4.69, 9.17) is 9.68 Å². The van der Waals surface area contributed by atoms with Gasteiger partial charge in [-0.2, -0.15) is 5.26 Å². The van der Waals surface area contributed by atoms with Gasteiger partial charge in [-0.3, -0.25) is 9.69 Å². The Bertz CT molecular complexity index is 940. The number of benzene rings is 2. The number of hydrogen-bond acceptors (Lipinski definition) is 6. The van der Waals surface area contributed by atoms with Gasteiger partial charge in [0.1, 0.15) is 6.54 Å². The Morgan fingerprint density at radius 1 is 1.19 bits per heavy atom. The lowest BCUT2D eigenvalue weighted by molar-refractivity contribution is -0.116. The van der Waals surface area contributed by atoms with Crippen LogP contribution in [-0.2, 0) is 4.79 Å². The van der Waals surface area contributed by atoms with Gasteiger partial charge in [-0.15, -0.1) is 10.2 Å². The third-order valence-electron chi connectivity index (χ3n) is 3.39. The first kappa shape index (κ1) is 18.2. The number of para-hydroxylation sites is 1. The molecule has 1 heterocycles. The number of hydrogen-bond donors (Lipinski definition) is 0. The van der Waals surface area contributed by atoms with Crippen LogP contribution in [0.1, 0.15) is 0 Å². The first-order valence-electron chi connectivity index (χ1n) is 7.62. The van der Waals surface area contributed by atoms with Gasteiger partial charge >= 0.3 is 0 Å². The molecule has 0 spiro atoms. The van der Waals surface area contributed by atoms with Crippen LogP contribution >= 0.6 is 27.7 Å². The van der Waals surface area contributed by atoms with Crippen LogP contribution in [0.25, 0.3) is 11.5 Å². The zero-order valence-corrected chi connectivity index (χ0v) is 15.9. The smallest absolute Gasteiger partial charge is 0.277 e. The quantitative estimate of drug-likeness (QED) is 0.433. The van der Waals surface area contributed by atoms with Gasteiger partial charge in [0.25, 0.3) is 5.22 Å². The van der Waals surface area contributed by atoms with Crippen LogP contribution in [0.4, 0.5) is 5.69 Å². The van der Waals surface area contributed by atoms with Crippen molar-refractivity contribution in [2.24, 2.45) is 0 Å². The van der Waals surface area contributed by atoms with Gasteiger partial charge in [-0.05, 0) is 30.3 Å². The number of aromatic nitrogens is 2. The van der Waals surface area contributed by atoms with E-state index in [1.165, 1.54) is 4.90 Å². The summed E-state index contributed by atoms with van der Waals surface area (Å²) in [7, 11) is 0. The van der Waals surface area contributed by atoms with Gasteiger partial charge in [0.15, 0.2) is 0 Å². The summed E-state index contributed by atoms with van der Waals surface area (Å²) < 4.78 is 6.51. The molecule has 130 valence electrons. The third kappa shape index (κ3) is 4.50. The normalized spacial score (nSPS) is 10.3. The summed E-state index contributed by atoms with van der Waals surface area (Å²) in [6.07, 6.45) is 0. The van der Waals surface area contributed by atoms with E-state index in [1.807, 2.05) is 48.5 Å². The minimum atomic E-state index is -0.204. The molecule has 2 aromatic carbocycles. The zero-order chi connectivity index (χ0) is 18.4. The largest absolute Gasteiger partial charge is 0.411 e. The van der Waals surface area contributed by atoms with Crippen LogP contribution in [0.3, 0.4) is 0 Å². The summed E-state index contributed by atoms with van der Waals surface area (Å²) in [5.74, 6) is 0.277. The number of anilines is 1. The highest BCUT2D eigenvalue weighted by Crippen LogP contribution is 2.26. The Labute approximate surface area is 163 Å². The Morgan fingerprint density at radius 2 is 2.00 bits per heavy atom. The molecule has 0 bridgehead atoms. The number of carbonyl (C=O) groups excluding carboxylic acids is 1. The van der Waals surface area contributed by atoms with Crippen molar-refractivity contribution in [3.8, 4) is 17.5 Å². The summed E-state index contributed by atoms with van der Waals surface area (Å²) in [6, 6.07) is 18.6. The van der Waals surface area contributed by atoms with Crippen LogP contribution in [0.5, 0.6) is 0 Å². The van der Waals surface area contributed by atoms with Crippen molar-refractivity contribution >= 4 is 39.3 Å². The standard InChI is InChI=1S/C18H13BrN4O2S/c19-14-6-4-5-13(11-14)17-21-22-18(25-17)26-12-16(24)23(10-9-20)15-7-2-1-3-8-15/h1-8,11H,10,12H2. The number of thioether (sulfide) groups is 1. The topological polar surface area (TPSA) is 83.0 Å². The van der Waals surface area contributed by atoms with Crippen molar-refractivity contribution in [2.45, 2.75) is 5.22 Å². The molecule has 3 rings (SSSR count). The van der Waals surface area contributed by atoms with Crippen molar-refractivity contribution in [3.63, 3.8) is 0 Å². The Kier molecular flexibility index (Phi) is 6.04. The first-order chi connectivity index (χ1) is 12.7. The van der Waals surface area contributed by atoms with Gasteiger partial charge in [-0.25, -0.2) is 0 Å². The maximum atomic E-state index is 12.5. The van der Waals surface area contributed by atoms with Gasteiger partial charge in [0, 0.05) is 15.7 Å². The average molecular weight is 429 g/mol. The van der Waals surface area contributed by atoms with Crippen LogP contribution in [0.15, 0.2) is 68.7 Å². The number of amides is 1. The molecule has 0 aliphatic heterocycles. The molecular weight excluding hydrogens is 416 g/mol. The molecule has 1 aromatic heterocycles. The second-order valence-corrected chi connectivity index (χ2v) is 6.99. The maximum absolute atomic E-state index is 12.5. The van der Waals surface area contributed by atoms with Crippen molar-refractivity contribution in [1.29, 1.82) is 5.26 Å². The number of rotatable bonds is 6. The van der Waals surface area contributed by atoms with Crippen molar-refractivity contribution in [3.05, 3.63) is 59.1 Å². The van der Waals surface area contributed by atoms with E-state index in [2.05, 4.69) is 26.1 Å². The minimum Gasteiger partial charge on any atom is -0.411 e. The summed E-state index contributed by atoms with van der Waals surface area (Å²) in [6.45, 7) is -0.0173. The van der Waals surface area contributed by atoms with Crippen molar-refractivity contribution in [1.82, 2.24) is 10.2 Å². The summed E-state index contributed by atoms with van der Waals surface area (Å²) >= 11 is 4.54. The molecule has 0 fully saturated rings. The molecule has 1 amide bonds. The molecule has 0 aliphatic rings. The molecule has 0 unspecified atom stereocenters. The predicted molar refractivity (Wildman–Crippen MR) is 103 cm³/mol. The lowest BCUT2D eigenvalue weighted by atomic mass is 10.2. The first-order valence-corrected chi connectivity index (χ1v) is 9.40. The lowest BCUT2D eigenvalue weighted by Crippen LogP contribution is -2.32. The molecule has 6 nitrogen and oxygen atoms in total. The van der Waals surface area contributed by atoms with Crippen LogP contribution in [0.2, 0.25) is 0 Å². The molecule has 8 heteroatoms. The van der Waals surface area contributed by atoms with E-state index in [0.29, 0.717) is 16.8 Å². The highest BCUT2D eigenvalue weighted by Gasteiger charge is 2.17. The van der Waals surface area contributed by atoms with Crippen LogP contribution < -0.4 is 4.90 Å². The number of carbonyl (C=O) groups is 1. The fourth-order valence-corrected chi connectivity index (χ4v) is 3.25. The fraction of sp³-hybridized carbons (Fsp3) is 0.111. The molecule has 0 radical (unpaired) electrons. The molecule has 3 aromatic rings. The molecule has 0 atom stereocenters. The Hall–Kier alpha value is -2.63. The zero-order valence-electron chi connectivity index (χ0n) is 13.5. The van der Waals surface area contributed by atoms with E-state index in [0.717, 1.165) is 21.8 Å². The highest BCUT2D eigenvalue weighted by atomic mass is 79.9. The Morgan fingerprint density at radius 3 is 2.73 bits per heavy atom. The van der Waals surface area contributed by atoms with E-state index < -0.39 is 0 Å². The highest BCUT2D eigenvalue weighted by molar-refractivity contribution is 9.10. The van der Waals surface area contributed by atoms with E-state index in [9.17, 15) is 4.79 Å². The van der Waals surface area contributed by atoms with Gasteiger partial charge < -0.3 is 4.42 Å². The number of nitrogens with zero attached hydrogens (tertiary/aromatic N) is 4. The summed E-state index contributed by atoms with van der Waals surface area (Å²) in [4.78, 5) is 13.9. The summed E-state index contributed by atoms with van der Waals surface area (Å²) in [5, 5.41) is 17.3. The SMILES string of the molecule is N#CCN(C(=O)CSc1nnc(-c2cccc(Br)c2)o1)c1ccccc1. The molecule has 0 saturated heterocycles. The van der Waals surface area contributed by atoms with E-state index in [1.54, 1.807) is 12.1 Å². The minimum absolute atomic E-state index is 0.0173. The fourth-order valence-electron chi connectivity index (χ4n) is 2.21. The molecule has 0 aliphatic carbocycles. The van der Waals surface area contributed by atoms with Crippen molar-refractivity contribution in [2.75, 3.05) is 17.2 Å². The Balaban J connectivity index is 1.67. The number of nitriles is 1. The summed E-state index contributed by atoms with van der Waals surface area (Å²) in [5.41, 5.74) is 1.47. The van der Waals surface area contributed by atoms with Crippen molar-refractivity contribution < 1.29 is 9.21 Å². The average Bonchev–Trinajstić information content (AvgIpc) is 3.14. The molecular formula is C18H13BrN4O2S. The third-order valence-corrected chi connectivity index (χ3v) is 4.69. The van der Waals surface area contributed by atoms with Gasteiger partial charge in [-0.1, -0.05) is 52.0 Å². The van der Waals surface area contributed by atoms with Gasteiger partial charge in [0.05, 0.1) is 11.8 Å². The molecule has 0 saturated carbocycles. The van der Waals surface area contributed by atoms with E-state index in [-0.39, 0.29) is 18.2 Å². The second-order valence-electron chi connectivity index (χ2n) is 5.15. The predicted octanol–water partition coefficient (Wildman–Crippen LogP) is 4.15. The molecule has 0 N–H and O–H groups in total. The maximum Gasteiger partial charge on any atom is 0.277 e. The lowest BCUT2D eigenvalue weighted by Gasteiger charge is -2.18. The monoisotopic (exact) mass is 428 g/mol.